The van der Waals surface area contributed by atoms with Gasteiger partial charge in [-0.25, -0.2) is 25.6 Å². The van der Waals surface area contributed by atoms with Crippen LogP contribution in [-0.4, -0.2) is 58.3 Å². The minimum Gasteiger partial charge on any atom is -0.662 e. The number of nitrogens with zero attached hydrogens (tertiary/aromatic N) is 20. The Labute approximate surface area is 649 Å². The van der Waals surface area contributed by atoms with E-state index in [2.05, 4.69) is 112 Å². The minimum absolute atomic E-state index is 0. The summed E-state index contributed by atoms with van der Waals surface area (Å²) >= 11 is 0. The zero-order valence-electron chi connectivity index (χ0n) is 56.0. The van der Waals surface area contributed by atoms with Gasteiger partial charge < -0.3 is 62.1 Å². The van der Waals surface area contributed by atoms with E-state index in [1.165, 1.54) is 6.33 Å². The fraction of sp³-hybridized carbons (Fsp3) is 0.128. The molecule has 0 amide bonds. The third kappa shape index (κ3) is 20.6. The summed E-state index contributed by atoms with van der Waals surface area (Å²) in [4.78, 5) is 44.1. The molecule has 12 aromatic heterocycles. The summed E-state index contributed by atoms with van der Waals surface area (Å²) in [5.41, 5.74) is 19.1. The fourth-order valence-corrected chi connectivity index (χ4v) is 10.5. The first-order chi connectivity index (χ1) is 47.9. The van der Waals surface area contributed by atoms with Crippen LogP contribution in [0, 0.1) is 63.4 Å². The van der Waals surface area contributed by atoms with E-state index in [0.717, 1.165) is 120 Å². The molecule has 524 valence electrons. The summed E-state index contributed by atoms with van der Waals surface area (Å²) in [6.07, 6.45) is 39.4. The average molecular weight is 2060 g/mol. The molecule has 0 saturated heterocycles. The molecule has 24 heteroatoms. The molecule has 0 unspecified atom stereocenters. The van der Waals surface area contributed by atoms with Crippen molar-refractivity contribution in [1.82, 2.24) is 78.3 Å². The van der Waals surface area contributed by atoms with Gasteiger partial charge in [-0.1, -0.05) is 79.0 Å². The van der Waals surface area contributed by atoms with Crippen molar-refractivity contribution >= 4 is 0 Å². The molecule has 0 N–H and O–H groups in total. The maximum atomic E-state index is 4.76. The summed E-state index contributed by atoms with van der Waals surface area (Å²) in [6, 6.07) is 63.9. The largest absolute Gasteiger partial charge is 0.662 e. The third-order valence-corrected chi connectivity index (χ3v) is 15.2. The molecule has 0 radical (unpaired) electrons. The van der Waals surface area contributed by atoms with E-state index >= 15 is 0 Å². The zero-order valence-corrected chi connectivity index (χ0v) is 65.1. The molecule has 0 aliphatic rings. The Morgan fingerprint density at radius 2 is 0.902 bits per heavy atom. The second kappa shape index (κ2) is 36.5. The number of aryl methyl sites for hydroxylation is 6. The Hall–Kier alpha value is -10.1. The smallest absolute Gasteiger partial charge is 0.245 e. The van der Waals surface area contributed by atoms with Gasteiger partial charge in [-0.3, -0.25) is 14.5 Å². The number of imidazole rings is 5. The molecule has 0 bridgehead atoms. The van der Waals surface area contributed by atoms with Crippen LogP contribution in [0.2, 0.25) is 0 Å². The quantitative estimate of drug-likeness (QED) is 0.0665. The van der Waals surface area contributed by atoms with Crippen molar-refractivity contribution in [2.75, 3.05) is 0 Å². The Balaban J connectivity index is 0.000000156. The number of rotatable bonds is 16. The van der Waals surface area contributed by atoms with Gasteiger partial charge in [0.25, 0.3) is 0 Å². The summed E-state index contributed by atoms with van der Waals surface area (Å²) in [7, 11) is 7.76. The van der Waals surface area contributed by atoms with Crippen LogP contribution in [0.3, 0.4) is 0 Å². The molecule has 12 heterocycles. The fourth-order valence-electron chi connectivity index (χ4n) is 10.5. The number of hydrogen-bond acceptors (Lipinski definition) is 8. The summed E-state index contributed by atoms with van der Waals surface area (Å²) in [5, 5.41) is 8.23. The van der Waals surface area contributed by atoms with Gasteiger partial charge in [0.15, 0.2) is 5.82 Å². The molecule has 102 heavy (non-hydrogen) atoms. The van der Waals surface area contributed by atoms with E-state index < -0.39 is 0 Å². The van der Waals surface area contributed by atoms with Gasteiger partial charge in [-0.05, 0) is 74.7 Å². The maximum Gasteiger partial charge on any atom is 0.245 e. The topological polar surface area (TPSA) is 195 Å². The predicted octanol–water partition coefficient (Wildman–Crippen LogP) is 8.24. The van der Waals surface area contributed by atoms with E-state index in [1.807, 2.05) is 263 Å². The van der Waals surface area contributed by atoms with Gasteiger partial charge in [0.05, 0.1) is 28.2 Å². The third-order valence-electron chi connectivity index (χ3n) is 15.2. The first kappa shape index (κ1) is 76.1. The Morgan fingerprint density at radius 1 is 0.422 bits per heavy atom. The summed E-state index contributed by atoms with van der Waals surface area (Å²) in [6.45, 7) is 3.92. The van der Waals surface area contributed by atoms with Crippen molar-refractivity contribution in [3.8, 4) is 68.6 Å². The van der Waals surface area contributed by atoms with Crippen LogP contribution in [0.15, 0.2) is 232 Å². The molecule has 4 aromatic carbocycles. The zero-order chi connectivity index (χ0) is 67.2. The molecule has 0 spiro atoms. The van der Waals surface area contributed by atoms with Crippen molar-refractivity contribution in [2.24, 2.45) is 28.2 Å². The van der Waals surface area contributed by atoms with E-state index in [0.29, 0.717) is 30.3 Å². The average Bonchev–Trinajstić information content (AvgIpc) is 1.59. The maximum absolute atomic E-state index is 4.76. The van der Waals surface area contributed by atoms with E-state index in [-0.39, 0.29) is 84.3 Å². The molecule has 20 nitrogen and oxygen atoms in total. The Bertz CT molecular complexity index is 4770. The van der Waals surface area contributed by atoms with Crippen LogP contribution in [0.4, 0.5) is 0 Å². The van der Waals surface area contributed by atoms with Gasteiger partial charge in [0.2, 0.25) is 31.3 Å². The Morgan fingerprint density at radius 3 is 1.36 bits per heavy atom. The van der Waals surface area contributed by atoms with Crippen molar-refractivity contribution < 1.29 is 103 Å². The van der Waals surface area contributed by atoms with E-state index in [1.54, 1.807) is 29.4 Å². The van der Waals surface area contributed by atoms with E-state index in [4.69, 9.17) is 9.97 Å². The number of pyridine rings is 2. The van der Waals surface area contributed by atoms with Crippen LogP contribution >= 0.6 is 0 Å². The molecule has 0 saturated carbocycles. The monoisotopic (exact) mass is 2060 g/mol. The molecular weight excluding hydrogens is 2000 g/mol. The second-order valence-corrected chi connectivity index (χ2v) is 23.0. The molecule has 0 aliphatic carbocycles. The summed E-state index contributed by atoms with van der Waals surface area (Å²) in [5.74, 6) is 1.19. The molecule has 16 aromatic rings. The molecule has 0 aliphatic heterocycles. The molecule has 0 fully saturated rings. The number of aromatic nitrogens is 20. The van der Waals surface area contributed by atoms with Crippen LogP contribution in [-0.2, 0) is 138 Å². The summed E-state index contributed by atoms with van der Waals surface area (Å²) < 4.78 is 15.0. The van der Waals surface area contributed by atoms with Crippen LogP contribution in [0.25, 0.3) is 68.6 Å². The normalized spacial score (nSPS) is 10.5. The number of benzene rings is 4. The number of hydrogen-bond donors (Lipinski definition) is 0. The van der Waals surface area contributed by atoms with Gasteiger partial charge in [0, 0.05) is 186 Å². The van der Waals surface area contributed by atoms with Crippen molar-refractivity contribution in [2.45, 2.75) is 39.5 Å². The molecule has 0 atom stereocenters. The first-order valence-corrected chi connectivity index (χ1v) is 31.5. The van der Waals surface area contributed by atoms with Gasteiger partial charge in [-0.2, -0.15) is 107 Å². The molecular formula is C78H64N20Pt4-8. The van der Waals surface area contributed by atoms with E-state index in [9.17, 15) is 0 Å². The minimum atomic E-state index is 0. The van der Waals surface area contributed by atoms with Crippen LogP contribution in [0.1, 0.15) is 56.4 Å². The second-order valence-electron chi connectivity index (χ2n) is 23.0. The van der Waals surface area contributed by atoms with Crippen LogP contribution in [0.5, 0.6) is 0 Å². The predicted molar refractivity (Wildman–Crippen MR) is 362 cm³/mol. The molecule has 16 rings (SSSR count). The standard InChI is InChI=1S/C21H18N4.C20H16N4.C19H16N6.C18H14N6.4Pt/c1-16-9-10-21(22-16)20-8-4-6-18(23-20)13-17-5-3-7-19(14-17)25-12-11-24(2)15-25;1-23-11-12-24(15-23)18-7-2-5-16(14-18)13-17-6-3-8-20(22-17)19-9-4-10-21-19;1-14-10-18(23-22-14)16-5-3-4-15(11-16)12-17-6-7-20-19(21-17)25-9-8-24(2)13-25;1-23-7-8-24(13-23)16-4-2-3-14(10-16)9-15-5-6-20-18(22-15)17-11-19-12-21-17;;;;/h3-12H,13H2,1-2H3;2-12H,13H2,1H3;3-10H,12H2,1-2H3;2-8,11-12H,9H2,1H3;;;;/q4*-2;;;;. The SMILES string of the molecule is C[n+]1[c-]n(-c2[c-]c(Cc3cccc(-c4ccc[n-]4)n3)ccc2)cc1.C[n+]1[c-]n(-c2[c-]c(Cc3ccnc(-c4cnc[n-]4)n3)ccc2)cc1.Cc1cc(-c2[c-]c(Cc3ccnc(-n4[c-][n+](C)cc4)n3)ccc2)[n-]n1.Cc1ccc(-c2cccc(Cc3[c-]c(-n4[c-][n+](C)cc4)ccc3)n2)[n-]1.[Pt].[Pt].[Pt].[Pt]. The first-order valence-electron chi connectivity index (χ1n) is 31.5. The van der Waals surface area contributed by atoms with Crippen molar-refractivity contribution in [1.29, 1.82) is 0 Å². The van der Waals surface area contributed by atoms with Gasteiger partial charge in [0.1, 0.15) is 0 Å². The van der Waals surface area contributed by atoms with Crippen molar-refractivity contribution in [3.63, 3.8) is 0 Å². The van der Waals surface area contributed by atoms with Crippen molar-refractivity contribution in [3.05, 3.63) is 338 Å². The van der Waals surface area contributed by atoms with Crippen LogP contribution < -0.4 is 38.3 Å². The Kier molecular flexibility index (Phi) is 27.2. The van der Waals surface area contributed by atoms with Gasteiger partial charge in [-0.15, -0.1) is 41.2 Å². The van der Waals surface area contributed by atoms with Gasteiger partial charge >= 0.3 is 0 Å².